The number of ether oxygens (including phenoxy) is 1. The van der Waals surface area contributed by atoms with Gasteiger partial charge in [0.2, 0.25) is 0 Å². The van der Waals surface area contributed by atoms with Crippen molar-refractivity contribution in [1.29, 1.82) is 0 Å². The molecule has 1 aliphatic heterocycles. The normalized spacial score (nSPS) is 19.5. The van der Waals surface area contributed by atoms with Gasteiger partial charge in [-0.1, -0.05) is 135 Å². The number of hydrogen-bond donors (Lipinski definition) is 1. The van der Waals surface area contributed by atoms with Crippen molar-refractivity contribution in [3.05, 3.63) is 43.0 Å². The van der Waals surface area contributed by atoms with E-state index in [1.54, 1.807) is 6.92 Å². The fourth-order valence-electron chi connectivity index (χ4n) is 6.41. The number of azide groups is 1. The zero-order valence-corrected chi connectivity index (χ0v) is 35.1. The molecule has 0 spiro atoms. The van der Waals surface area contributed by atoms with Crippen LogP contribution in [0.1, 0.15) is 174 Å². The van der Waals surface area contributed by atoms with Gasteiger partial charge < -0.3 is 4.74 Å². The molecule has 0 bridgehead atoms. The summed E-state index contributed by atoms with van der Waals surface area (Å²) >= 11 is 1.89. The van der Waals surface area contributed by atoms with Crippen LogP contribution in [-0.2, 0) is 27.9 Å². The van der Waals surface area contributed by atoms with Crippen molar-refractivity contribution >= 4 is 19.6 Å². The maximum atomic E-state index is 13.8. The molecule has 306 valence electrons. The molecule has 0 saturated carbocycles. The minimum Gasteiger partial charge on any atom is -0.352 e. The molecule has 1 N–H and O–H groups in total. The first-order valence-corrected chi connectivity index (χ1v) is 23.1. The van der Waals surface area contributed by atoms with Crippen molar-refractivity contribution < 1.29 is 27.9 Å². The number of unbranched alkanes of at least 4 members (excludes halogenated alkanes) is 16. The first kappa shape index (κ1) is 47.5. The Bertz CT molecular complexity index is 1330. The van der Waals surface area contributed by atoms with Crippen LogP contribution in [0.15, 0.2) is 20.9 Å². The lowest BCUT2D eigenvalue weighted by atomic mass is 10.1. The summed E-state index contributed by atoms with van der Waals surface area (Å²) < 4.78 is 37.8. The van der Waals surface area contributed by atoms with Gasteiger partial charge in [0.25, 0.3) is 5.56 Å². The highest BCUT2D eigenvalue weighted by molar-refractivity contribution is 7.99. The molecule has 1 aromatic heterocycles. The van der Waals surface area contributed by atoms with Gasteiger partial charge in [0.05, 0.1) is 25.4 Å². The Morgan fingerprint density at radius 3 is 2.09 bits per heavy atom. The number of phosphoric ester groups is 1. The molecule has 0 radical (unpaired) electrons. The number of hydrogen-bond acceptors (Lipinski definition) is 10. The molecule has 1 saturated heterocycles. The topological polar surface area (TPSA) is 167 Å². The van der Waals surface area contributed by atoms with E-state index >= 15 is 0 Å². The number of rotatable bonds is 33. The standard InChI is InChI=1S/C38H70N5O8PS/c1-6-9-11-13-14-15-16-17-18-19-20-22-24-27-53-35(25-23-21-12-10-7-2)32(5)50-51-52(46,47-26-8-3)48-30-34-33(41-42-39)28-36(49-34)43-29-31(4)37(44)40-38(43)45/h29,32-36H,6-28,30H2,1-5H3,(H,40,44,45)/t32?,33-,34+,35?,36+,52?/m0/s1. The summed E-state index contributed by atoms with van der Waals surface area (Å²) in [6, 6.07) is -0.734. The number of H-pyrrole nitrogens is 1. The van der Waals surface area contributed by atoms with Crippen molar-refractivity contribution in [2.75, 3.05) is 19.0 Å². The minimum atomic E-state index is -4.21. The molecule has 1 aromatic rings. The summed E-state index contributed by atoms with van der Waals surface area (Å²) in [5.41, 5.74) is 8.36. The first-order chi connectivity index (χ1) is 25.7. The van der Waals surface area contributed by atoms with E-state index in [9.17, 15) is 19.7 Å². The van der Waals surface area contributed by atoms with Gasteiger partial charge in [-0.3, -0.25) is 23.4 Å². The average molecular weight is 788 g/mol. The molecule has 0 amide bonds. The fourth-order valence-corrected chi connectivity index (χ4v) is 8.87. The van der Waals surface area contributed by atoms with Crippen molar-refractivity contribution in [1.82, 2.24) is 9.55 Å². The molecule has 1 fully saturated rings. The summed E-state index contributed by atoms with van der Waals surface area (Å²) in [6.45, 7) is 9.68. The Morgan fingerprint density at radius 1 is 0.925 bits per heavy atom. The van der Waals surface area contributed by atoms with Gasteiger partial charge in [0.15, 0.2) is 0 Å². The molecule has 3 unspecified atom stereocenters. The maximum absolute atomic E-state index is 13.8. The second kappa shape index (κ2) is 28.7. The van der Waals surface area contributed by atoms with E-state index in [1.807, 2.05) is 25.6 Å². The average Bonchev–Trinajstić information content (AvgIpc) is 3.55. The van der Waals surface area contributed by atoms with Gasteiger partial charge >= 0.3 is 13.5 Å². The lowest BCUT2D eigenvalue weighted by Gasteiger charge is -2.25. The monoisotopic (exact) mass is 787 g/mol. The lowest BCUT2D eigenvalue weighted by Crippen LogP contribution is -2.33. The molecule has 2 heterocycles. The van der Waals surface area contributed by atoms with Gasteiger partial charge in [-0.2, -0.15) is 11.8 Å². The van der Waals surface area contributed by atoms with Crippen molar-refractivity contribution in [2.24, 2.45) is 5.11 Å². The third-order valence-corrected chi connectivity index (χ3v) is 12.5. The van der Waals surface area contributed by atoms with Gasteiger partial charge in [0, 0.05) is 28.3 Å². The van der Waals surface area contributed by atoms with Gasteiger partial charge in [-0.15, -0.1) is 4.67 Å². The third-order valence-electron chi connectivity index (χ3n) is 9.69. The number of thioether (sulfide) groups is 1. The molecule has 0 aliphatic carbocycles. The van der Waals surface area contributed by atoms with Crippen LogP contribution in [-0.4, -0.2) is 52.0 Å². The van der Waals surface area contributed by atoms with Crippen LogP contribution >= 0.6 is 19.6 Å². The van der Waals surface area contributed by atoms with Gasteiger partial charge in [0.1, 0.15) is 12.3 Å². The molecular weight excluding hydrogens is 717 g/mol. The van der Waals surface area contributed by atoms with E-state index in [1.165, 1.54) is 107 Å². The quantitative estimate of drug-likeness (QED) is 0.0139. The number of phosphoric acid groups is 1. The second-order valence-electron chi connectivity index (χ2n) is 14.4. The van der Waals surface area contributed by atoms with Gasteiger partial charge in [-0.25, -0.2) is 14.2 Å². The minimum absolute atomic E-state index is 0.115. The number of nitrogens with zero attached hydrogens (tertiary/aromatic N) is 4. The molecule has 2 rings (SSSR count). The Kier molecular flexibility index (Phi) is 25.8. The highest BCUT2D eigenvalue weighted by atomic mass is 32.2. The summed E-state index contributed by atoms with van der Waals surface area (Å²) in [6.07, 6.45) is 24.2. The Labute approximate surface area is 322 Å². The maximum Gasteiger partial charge on any atom is 0.502 e. The van der Waals surface area contributed by atoms with Crippen molar-refractivity contribution in [2.45, 2.75) is 199 Å². The highest BCUT2D eigenvalue weighted by Gasteiger charge is 2.40. The molecule has 53 heavy (non-hydrogen) atoms. The predicted molar refractivity (Wildman–Crippen MR) is 214 cm³/mol. The number of nitrogens with one attached hydrogen (secondary N) is 1. The van der Waals surface area contributed by atoms with Crippen LogP contribution in [0, 0.1) is 6.92 Å². The Hall–Kier alpha value is -1.63. The largest absolute Gasteiger partial charge is 0.502 e. The van der Waals surface area contributed by atoms with Crippen molar-refractivity contribution in [3.8, 4) is 0 Å². The Balaban J connectivity index is 1.89. The van der Waals surface area contributed by atoms with E-state index in [2.05, 4.69) is 28.9 Å². The van der Waals surface area contributed by atoms with E-state index in [0.717, 1.165) is 31.4 Å². The predicted octanol–water partition coefficient (Wildman–Crippen LogP) is 11.3. The SMILES string of the molecule is CCCCCCCCCCCCCCCSC(CCCCCCC)C(C)OOP(=O)(OCCC)OC[C@H]1O[C@@H](n2cc(C)c(=O)[nH]c2=O)C[C@@H]1N=[N+]=[N-]. The van der Waals surface area contributed by atoms with Crippen LogP contribution in [0.25, 0.3) is 10.4 Å². The second-order valence-corrected chi connectivity index (χ2v) is 17.3. The van der Waals surface area contributed by atoms with Crippen LogP contribution in [0.2, 0.25) is 0 Å². The molecule has 1 aliphatic rings. The van der Waals surface area contributed by atoms with Crippen molar-refractivity contribution in [3.63, 3.8) is 0 Å². The van der Waals surface area contributed by atoms with E-state index in [4.69, 9.17) is 23.3 Å². The summed E-state index contributed by atoms with van der Waals surface area (Å²) in [4.78, 5) is 35.3. The fraction of sp³-hybridized carbons (Fsp3) is 0.895. The van der Waals surface area contributed by atoms with Crippen LogP contribution in [0.3, 0.4) is 0 Å². The number of aromatic amines is 1. The lowest BCUT2D eigenvalue weighted by molar-refractivity contribution is -0.257. The van der Waals surface area contributed by atoms with E-state index in [0.29, 0.717) is 12.0 Å². The number of aromatic nitrogens is 2. The Morgan fingerprint density at radius 2 is 1.51 bits per heavy atom. The molecule has 6 atom stereocenters. The smallest absolute Gasteiger partial charge is 0.352 e. The zero-order chi connectivity index (χ0) is 38.7. The summed E-state index contributed by atoms with van der Waals surface area (Å²) in [5, 5.41) is 3.97. The third kappa shape index (κ3) is 19.7. The number of aryl methyl sites for hydroxylation is 1. The summed E-state index contributed by atoms with van der Waals surface area (Å²) in [5.74, 6) is 1.03. The van der Waals surface area contributed by atoms with Crippen LogP contribution in [0.5, 0.6) is 0 Å². The summed E-state index contributed by atoms with van der Waals surface area (Å²) in [7, 11) is -4.21. The highest BCUT2D eigenvalue weighted by Crippen LogP contribution is 2.51. The van der Waals surface area contributed by atoms with Gasteiger partial charge in [-0.05, 0) is 44.4 Å². The molecule has 13 nitrogen and oxygen atoms in total. The zero-order valence-electron chi connectivity index (χ0n) is 33.3. The van der Waals surface area contributed by atoms with Crippen LogP contribution < -0.4 is 11.2 Å². The molecular formula is C38H70N5O8PS. The van der Waals surface area contributed by atoms with E-state index in [-0.39, 0.29) is 31.0 Å². The molecule has 15 heteroatoms. The van der Waals surface area contributed by atoms with E-state index < -0.39 is 37.4 Å². The molecule has 0 aromatic carbocycles. The van der Waals surface area contributed by atoms with Crippen LogP contribution in [0.4, 0.5) is 0 Å². The first-order valence-electron chi connectivity index (χ1n) is 20.5.